The molecule has 194 valence electrons. The minimum atomic E-state index is -4.54. The van der Waals surface area contributed by atoms with E-state index >= 15 is 0 Å². The second-order valence-corrected chi connectivity index (χ2v) is 10.7. The maximum Gasteiger partial charge on any atom is 0.451 e. The van der Waals surface area contributed by atoms with Crippen LogP contribution in [0.1, 0.15) is 50.1 Å². The Hall–Kier alpha value is -2.96. The Bertz CT molecular complexity index is 1270. The average Bonchev–Trinajstić information content (AvgIpc) is 3.55. The Morgan fingerprint density at radius 3 is 2.72 bits per heavy atom. The number of nitrogens with zero attached hydrogens (tertiary/aromatic N) is 7. The molecule has 0 saturated carbocycles. The summed E-state index contributed by atoms with van der Waals surface area (Å²) >= 11 is 1.63. The fourth-order valence-corrected chi connectivity index (χ4v) is 5.79. The number of alkyl halides is 3. The van der Waals surface area contributed by atoms with Gasteiger partial charge in [0.2, 0.25) is 17.7 Å². The molecule has 1 N–H and O–H groups in total. The zero-order valence-electron chi connectivity index (χ0n) is 20.5. The molecule has 1 atom stereocenters. The minimum Gasteiger partial charge on any atom is -0.351 e. The van der Waals surface area contributed by atoms with Crippen molar-refractivity contribution in [2.45, 2.75) is 65.3 Å². The van der Waals surface area contributed by atoms with Crippen LogP contribution >= 0.6 is 11.3 Å². The summed E-state index contributed by atoms with van der Waals surface area (Å²) in [6, 6.07) is 2.12. The number of anilines is 2. The van der Waals surface area contributed by atoms with Gasteiger partial charge >= 0.3 is 6.18 Å². The van der Waals surface area contributed by atoms with Crippen LogP contribution in [-0.4, -0.2) is 56.3 Å². The molecule has 0 radical (unpaired) electrons. The van der Waals surface area contributed by atoms with E-state index in [9.17, 15) is 18.0 Å². The first-order valence-electron chi connectivity index (χ1n) is 12.2. The molecule has 9 nitrogen and oxygen atoms in total. The Morgan fingerprint density at radius 1 is 1.19 bits per heavy atom. The lowest BCUT2D eigenvalue weighted by atomic mass is 10.2. The van der Waals surface area contributed by atoms with Gasteiger partial charge < -0.3 is 19.7 Å². The topological polar surface area (TPSA) is 92.1 Å². The molecule has 13 heteroatoms. The molecule has 1 fully saturated rings. The standard InChI is InChI=1S/C23H29F3N8OS/c1-4-5-15-10-16-18(32-8-9-34-17(12-32)30-31-21(34)23(24,25)26)28-22(29-20(16)36-15)33-7-6-14(11-33)27-19(35)13(2)3/h10,13-14H,4-9,11-12H2,1-3H3,(H,27,35)/t14-/m0/s1. The van der Waals surface area contributed by atoms with E-state index in [2.05, 4.69) is 33.4 Å². The summed E-state index contributed by atoms with van der Waals surface area (Å²) in [5.74, 6) is 0.525. The van der Waals surface area contributed by atoms with Crippen LogP contribution in [0.4, 0.5) is 24.9 Å². The molecular formula is C23H29F3N8OS. The van der Waals surface area contributed by atoms with E-state index in [1.54, 1.807) is 11.3 Å². The van der Waals surface area contributed by atoms with Crippen molar-refractivity contribution >= 4 is 39.2 Å². The highest BCUT2D eigenvalue weighted by Gasteiger charge is 2.40. The first-order valence-corrected chi connectivity index (χ1v) is 13.1. The fourth-order valence-electron chi connectivity index (χ4n) is 4.67. The summed E-state index contributed by atoms with van der Waals surface area (Å²) < 4.78 is 41.1. The number of halogens is 3. The average molecular weight is 523 g/mol. The second-order valence-electron chi connectivity index (χ2n) is 9.63. The number of carbonyl (C=O) groups is 1. The number of hydrogen-bond acceptors (Lipinski definition) is 8. The van der Waals surface area contributed by atoms with Gasteiger partial charge in [-0.3, -0.25) is 4.79 Å². The zero-order valence-corrected chi connectivity index (χ0v) is 21.3. The smallest absolute Gasteiger partial charge is 0.351 e. The third-order valence-corrected chi connectivity index (χ3v) is 7.65. The molecule has 36 heavy (non-hydrogen) atoms. The van der Waals surface area contributed by atoms with Crippen molar-refractivity contribution in [1.29, 1.82) is 0 Å². The third-order valence-electron chi connectivity index (χ3n) is 6.56. The van der Waals surface area contributed by atoms with Gasteiger partial charge in [0.15, 0.2) is 5.82 Å². The predicted octanol–water partition coefficient (Wildman–Crippen LogP) is 3.63. The highest BCUT2D eigenvalue weighted by molar-refractivity contribution is 7.18. The summed E-state index contributed by atoms with van der Waals surface area (Å²) in [6.45, 7) is 7.84. The van der Waals surface area contributed by atoms with E-state index < -0.39 is 12.0 Å². The summed E-state index contributed by atoms with van der Waals surface area (Å²) in [5.41, 5.74) is 0. The molecule has 2 aliphatic rings. The van der Waals surface area contributed by atoms with Crippen LogP contribution in [0.5, 0.6) is 0 Å². The molecule has 3 aromatic rings. The van der Waals surface area contributed by atoms with Crippen LogP contribution < -0.4 is 15.1 Å². The normalized spacial score (nSPS) is 18.4. The minimum absolute atomic E-state index is 0.0240. The summed E-state index contributed by atoms with van der Waals surface area (Å²) in [6.07, 6.45) is -1.82. The van der Waals surface area contributed by atoms with Crippen molar-refractivity contribution in [2.24, 2.45) is 5.92 Å². The number of aromatic nitrogens is 5. The quantitative estimate of drug-likeness (QED) is 0.529. The summed E-state index contributed by atoms with van der Waals surface area (Å²) in [5, 5.41) is 11.2. The fraction of sp³-hybridized carbons (Fsp3) is 0.609. The molecule has 5 rings (SSSR count). The number of rotatable bonds is 6. The van der Waals surface area contributed by atoms with Crippen molar-refractivity contribution in [3.63, 3.8) is 0 Å². The Kier molecular flexibility index (Phi) is 6.52. The van der Waals surface area contributed by atoms with Crippen molar-refractivity contribution in [1.82, 2.24) is 30.0 Å². The maximum absolute atomic E-state index is 13.3. The molecular weight excluding hydrogens is 493 g/mol. The van der Waals surface area contributed by atoms with E-state index in [1.807, 2.05) is 18.7 Å². The van der Waals surface area contributed by atoms with Gasteiger partial charge in [0.05, 0.1) is 11.9 Å². The maximum atomic E-state index is 13.3. The first-order chi connectivity index (χ1) is 17.1. The number of aryl methyl sites for hydroxylation is 1. The molecule has 0 aromatic carbocycles. The lowest BCUT2D eigenvalue weighted by Crippen LogP contribution is -2.39. The summed E-state index contributed by atoms with van der Waals surface area (Å²) in [4.78, 5) is 28.0. The van der Waals surface area contributed by atoms with Gasteiger partial charge in [0.25, 0.3) is 0 Å². The van der Waals surface area contributed by atoms with Crippen molar-refractivity contribution in [2.75, 3.05) is 29.4 Å². The number of carbonyl (C=O) groups excluding carboxylic acids is 1. The van der Waals surface area contributed by atoms with Crippen LogP contribution in [0, 0.1) is 5.92 Å². The largest absolute Gasteiger partial charge is 0.451 e. The van der Waals surface area contributed by atoms with Crippen LogP contribution in [-0.2, 0) is 30.5 Å². The SMILES string of the molecule is CCCc1cc2c(N3CCn4c(nnc4C(F)(F)F)C3)nc(N3CC[C@H](NC(=O)C(C)C)C3)nc2s1. The molecule has 0 unspecified atom stereocenters. The van der Waals surface area contributed by atoms with Crippen molar-refractivity contribution < 1.29 is 18.0 Å². The Labute approximate surface area is 210 Å². The summed E-state index contributed by atoms with van der Waals surface area (Å²) in [7, 11) is 0. The molecule has 1 saturated heterocycles. The van der Waals surface area contributed by atoms with Gasteiger partial charge in [0.1, 0.15) is 10.6 Å². The van der Waals surface area contributed by atoms with E-state index in [4.69, 9.17) is 9.97 Å². The third kappa shape index (κ3) is 4.72. The van der Waals surface area contributed by atoms with Crippen molar-refractivity contribution in [3.8, 4) is 0 Å². The molecule has 0 spiro atoms. The predicted molar refractivity (Wildman–Crippen MR) is 131 cm³/mol. The van der Waals surface area contributed by atoms with Gasteiger partial charge in [0, 0.05) is 43.0 Å². The van der Waals surface area contributed by atoms with E-state index in [0.29, 0.717) is 31.4 Å². The molecule has 3 aromatic heterocycles. The lowest BCUT2D eigenvalue weighted by molar-refractivity contribution is -0.147. The van der Waals surface area contributed by atoms with Gasteiger partial charge in [-0.2, -0.15) is 18.2 Å². The molecule has 1 amide bonds. The number of thiophene rings is 1. The molecule has 2 aliphatic heterocycles. The Balaban J connectivity index is 1.46. The number of nitrogens with one attached hydrogen (secondary N) is 1. The van der Waals surface area contributed by atoms with Crippen LogP contribution in [0.2, 0.25) is 0 Å². The number of fused-ring (bicyclic) bond motifs is 2. The van der Waals surface area contributed by atoms with E-state index in [-0.39, 0.29) is 36.8 Å². The lowest BCUT2D eigenvalue weighted by Gasteiger charge is -2.30. The molecule has 5 heterocycles. The van der Waals surface area contributed by atoms with Crippen LogP contribution in [0.3, 0.4) is 0 Å². The van der Waals surface area contributed by atoms with Gasteiger partial charge in [-0.1, -0.05) is 27.2 Å². The zero-order chi connectivity index (χ0) is 25.6. The molecule has 0 aliphatic carbocycles. The monoisotopic (exact) mass is 522 g/mol. The van der Waals surface area contributed by atoms with Gasteiger partial charge in [-0.25, -0.2) is 4.98 Å². The number of amides is 1. The highest BCUT2D eigenvalue weighted by Crippen LogP contribution is 2.36. The van der Waals surface area contributed by atoms with Crippen LogP contribution in [0.15, 0.2) is 6.07 Å². The number of hydrogen-bond donors (Lipinski definition) is 1. The second kappa shape index (κ2) is 9.49. The first kappa shape index (κ1) is 24.7. The van der Waals surface area contributed by atoms with Crippen molar-refractivity contribution in [3.05, 3.63) is 22.6 Å². The van der Waals surface area contributed by atoms with E-state index in [0.717, 1.165) is 34.0 Å². The van der Waals surface area contributed by atoms with Crippen LogP contribution in [0.25, 0.3) is 10.2 Å². The van der Waals surface area contributed by atoms with Gasteiger partial charge in [-0.05, 0) is 18.9 Å². The molecule has 0 bridgehead atoms. The highest BCUT2D eigenvalue weighted by atomic mass is 32.1. The van der Waals surface area contributed by atoms with E-state index in [1.165, 1.54) is 4.88 Å². The Morgan fingerprint density at radius 2 is 2.00 bits per heavy atom. The van der Waals surface area contributed by atoms with Gasteiger partial charge in [-0.15, -0.1) is 21.5 Å².